The van der Waals surface area contributed by atoms with Gasteiger partial charge in [-0.3, -0.25) is 4.79 Å². The third-order valence-corrected chi connectivity index (χ3v) is 4.81. The Morgan fingerprint density at radius 2 is 1.73 bits per heavy atom. The number of ketones is 1. The van der Waals surface area contributed by atoms with Crippen LogP contribution in [-0.4, -0.2) is 37.1 Å². The fourth-order valence-corrected chi connectivity index (χ4v) is 3.70. The van der Waals surface area contributed by atoms with Crippen LogP contribution >= 0.6 is 0 Å². The molecule has 0 radical (unpaired) electrons. The summed E-state index contributed by atoms with van der Waals surface area (Å²) < 4.78 is 32.2. The first-order chi connectivity index (χ1) is 9.94. The summed E-state index contributed by atoms with van der Waals surface area (Å²) >= 11 is 0. The minimum absolute atomic E-state index is 0. The van der Waals surface area contributed by atoms with Crippen molar-refractivity contribution in [2.24, 2.45) is 5.92 Å². The zero-order valence-corrected chi connectivity index (χ0v) is 15.6. The number of hydrogen-bond donors (Lipinski definition) is 1. The van der Waals surface area contributed by atoms with Crippen molar-refractivity contribution in [1.29, 1.82) is 0 Å². The molecular formula is C15H20NNaO4S. The van der Waals surface area contributed by atoms with Gasteiger partial charge in [0.15, 0.2) is 5.78 Å². The molecule has 0 amide bonds. The molecule has 0 saturated heterocycles. The van der Waals surface area contributed by atoms with Crippen LogP contribution in [0.4, 0.5) is 0 Å². The van der Waals surface area contributed by atoms with Crippen LogP contribution in [0.15, 0.2) is 30.3 Å². The summed E-state index contributed by atoms with van der Waals surface area (Å²) in [4.78, 5) is 12.0. The van der Waals surface area contributed by atoms with E-state index in [0.717, 1.165) is 25.7 Å². The molecule has 0 heterocycles. The van der Waals surface area contributed by atoms with Gasteiger partial charge < -0.3 is 9.87 Å². The van der Waals surface area contributed by atoms with Crippen molar-refractivity contribution in [3.63, 3.8) is 0 Å². The van der Waals surface area contributed by atoms with Crippen LogP contribution in [0.5, 0.6) is 0 Å². The third-order valence-electron chi connectivity index (χ3n) is 3.93. The number of nitrogens with one attached hydrogen (secondary N) is 1. The monoisotopic (exact) mass is 333 g/mol. The Balaban J connectivity index is 0.00000242. The zero-order valence-electron chi connectivity index (χ0n) is 12.8. The van der Waals surface area contributed by atoms with Crippen molar-refractivity contribution >= 4 is 15.9 Å². The van der Waals surface area contributed by atoms with E-state index in [1.165, 1.54) is 0 Å². The number of hydrogen-bond acceptors (Lipinski definition) is 5. The molecule has 1 aromatic carbocycles. The molecule has 1 aromatic rings. The van der Waals surface area contributed by atoms with Gasteiger partial charge in [-0.05, 0) is 31.6 Å². The molecule has 2 rings (SSSR count). The van der Waals surface area contributed by atoms with Gasteiger partial charge in [0.05, 0.1) is 16.7 Å². The van der Waals surface area contributed by atoms with Gasteiger partial charge in [-0.2, -0.15) is 0 Å². The summed E-state index contributed by atoms with van der Waals surface area (Å²) in [6.07, 6.45) is 3.06. The molecule has 0 bridgehead atoms. The standard InChI is InChI=1S/C15H21NO4S.Na/c17-15(13-4-2-1-3-5-13)10-16-14-8-6-12(7-9-14)11-21(18,19)20;/h1-5,12,14,16H,6-11H2,(H,18,19,20);/q;+1/p-1. The third kappa shape index (κ3) is 6.89. The van der Waals surface area contributed by atoms with E-state index in [1.54, 1.807) is 12.1 Å². The number of carbonyl (C=O) groups excluding carboxylic acids is 1. The van der Waals surface area contributed by atoms with Gasteiger partial charge in [0.2, 0.25) is 0 Å². The van der Waals surface area contributed by atoms with Gasteiger partial charge in [0.25, 0.3) is 0 Å². The first kappa shape index (κ1) is 19.8. The quantitative estimate of drug-likeness (QED) is 0.392. The number of benzene rings is 1. The van der Waals surface area contributed by atoms with E-state index in [-0.39, 0.29) is 53.1 Å². The summed E-state index contributed by atoms with van der Waals surface area (Å²) in [7, 11) is -4.13. The maximum Gasteiger partial charge on any atom is 1.00 e. The number of Topliss-reactive ketones (excluding diaryl/α,β-unsaturated/α-hetero) is 1. The molecule has 0 unspecified atom stereocenters. The van der Waals surface area contributed by atoms with Gasteiger partial charge in [-0.25, -0.2) is 8.42 Å². The summed E-state index contributed by atoms with van der Waals surface area (Å²) in [5.41, 5.74) is 0.691. The van der Waals surface area contributed by atoms with Crippen molar-refractivity contribution < 1.29 is 47.3 Å². The second-order valence-electron chi connectivity index (χ2n) is 5.61. The fourth-order valence-electron chi connectivity index (χ4n) is 2.79. The molecule has 0 atom stereocenters. The first-order valence-electron chi connectivity index (χ1n) is 7.19. The summed E-state index contributed by atoms with van der Waals surface area (Å²) in [5.74, 6) is -0.238. The van der Waals surface area contributed by atoms with Gasteiger partial charge in [-0.15, -0.1) is 0 Å². The van der Waals surface area contributed by atoms with Crippen molar-refractivity contribution in [3.8, 4) is 0 Å². The average molecular weight is 333 g/mol. The van der Waals surface area contributed by atoms with Crippen molar-refractivity contribution in [3.05, 3.63) is 35.9 Å². The topological polar surface area (TPSA) is 86.3 Å². The summed E-state index contributed by atoms with van der Waals surface area (Å²) in [6, 6.07) is 9.35. The van der Waals surface area contributed by atoms with Crippen LogP contribution in [0, 0.1) is 5.92 Å². The van der Waals surface area contributed by atoms with Crippen molar-refractivity contribution in [2.45, 2.75) is 31.7 Å². The Bertz CT molecular complexity index is 568. The van der Waals surface area contributed by atoms with Crippen LogP contribution in [0.2, 0.25) is 0 Å². The second kappa shape index (κ2) is 9.15. The maximum absolute atomic E-state index is 12.0. The fraction of sp³-hybridized carbons (Fsp3) is 0.533. The molecule has 116 valence electrons. The van der Waals surface area contributed by atoms with Crippen LogP contribution in [-0.2, 0) is 10.1 Å². The molecule has 1 aliphatic rings. The predicted molar refractivity (Wildman–Crippen MR) is 79.1 cm³/mol. The van der Waals surface area contributed by atoms with Crippen LogP contribution in [0.25, 0.3) is 0 Å². The molecule has 1 aliphatic carbocycles. The van der Waals surface area contributed by atoms with Crippen LogP contribution < -0.4 is 34.9 Å². The SMILES string of the molecule is O=C(CNC1CCC(CS(=O)(=O)[O-])CC1)c1ccccc1.[Na+]. The predicted octanol–water partition coefficient (Wildman–Crippen LogP) is -1.43. The second-order valence-corrected chi connectivity index (χ2v) is 7.06. The van der Waals surface area contributed by atoms with Gasteiger partial charge in [0, 0.05) is 17.4 Å². The summed E-state index contributed by atoms with van der Waals surface area (Å²) in [5, 5.41) is 3.23. The van der Waals surface area contributed by atoms with E-state index in [4.69, 9.17) is 0 Å². The minimum Gasteiger partial charge on any atom is -0.748 e. The summed E-state index contributed by atoms with van der Waals surface area (Å²) in [6.45, 7) is 0.291. The molecule has 1 saturated carbocycles. The van der Waals surface area contributed by atoms with E-state index in [9.17, 15) is 17.8 Å². The van der Waals surface area contributed by atoms with Gasteiger partial charge in [0.1, 0.15) is 0 Å². The van der Waals surface area contributed by atoms with E-state index in [1.807, 2.05) is 18.2 Å². The largest absolute Gasteiger partial charge is 1.00 e. The Kier molecular flexibility index (Phi) is 8.24. The van der Waals surface area contributed by atoms with Crippen LogP contribution in [0.3, 0.4) is 0 Å². The molecule has 22 heavy (non-hydrogen) atoms. The molecule has 0 aliphatic heterocycles. The van der Waals surface area contributed by atoms with E-state index in [0.29, 0.717) is 12.1 Å². The van der Waals surface area contributed by atoms with E-state index in [2.05, 4.69) is 5.32 Å². The molecule has 7 heteroatoms. The van der Waals surface area contributed by atoms with E-state index >= 15 is 0 Å². The van der Waals surface area contributed by atoms with Gasteiger partial charge in [-0.1, -0.05) is 30.3 Å². The molecule has 1 fully saturated rings. The Morgan fingerprint density at radius 1 is 1.14 bits per heavy atom. The smallest absolute Gasteiger partial charge is 0.748 e. The number of carbonyl (C=O) groups is 1. The van der Waals surface area contributed by atoms with Crippen molar-refractivity contribution in [1.82, 2.24) is 5.32 Å². The Hall–Kier alpha value is -0.240. The maximum atomic E-state index is 12.0. The molecule has 5 nitrogen and oxygen atoms in total. The normalized spacial score (nSPS) is 21.9. The van der Waals surface area contributed by atoms with E-state index < -0.39 is 10.1 Å². The Morgan fingerprint density at radius 3 is 2.27 bits per heavy atom. The van der Waals surface area contributed by atoms with Gasteiger partial charge >= 0.3 is 29.6 Å². The zero-order chi connectivity index (χ0) is 15.3. The Labute approximate surface area is 153 Å². The molecule has 1 N–H and O–H groups in total. The molecule has 0 aromatic heterocycles. The molecular weight excluding hydrogens is 313 g/mol. The minimum atomic E-state index is -4.13. The molecule has 0 spiro atoms. The first-order valence-corrected chi connectivity index (χ1v) is 8.77. The van der Waals surface area contributed by atoms with Crippen molar-refractivity contribution in [2.75, 3.05) is 12.3 Å². The average Bonchev–Trinajstić information content (AvgIpc) is 2.45. The van der Waals surface area contributed by atoms with Crippen LogP contribution in [0.1, 0.15) is 36.0 Å². The number of rotatable bonds is 6.